The number of thioether (sulfide) groups is 2. The molecule has 0 unspecified atom stereocenters. The number of para-hydroxylation sites is 1. The summed E-state index contributed by atoms with van der Waals surface area (Å²) in [7, 11) is 0. The van der Waals surface area contributed by atoms with Crippen molar-refractivity contribution in [3.8, 4) is 0 Å². The lowest BCUT2D eigenvalue weighted by Gasteiger charge is -2.05. The zero-order valence-electron chi connectivity index (χ0n) is 12.1. The van der Waals surface area contributed by atoms with Gasteiger partial charge in [0.1, 0.15) is 0 Å². The van der Waals surface area contributed by atoms with Crippen LogP contribution in [-0.4, -0.2) is 21.4 Å². The summed E-state index contributed by atoms with van der Waals surface area (Å²) in [5.74, 6) is 0.814. The predicted octanol–water partition coefficient (Wildman–Crippen LogP) is 5.06. The number of aromatic nitrogens is 3. The third kappa shape index (κ3) is 4.01. The zero-order valence-corrected chi connectivity index (χ0v) is 15.3. The van der Waals surface area contributed by atoms with Crippen LogP contribution in [0.4, 0.5) is 10.8 Å². The molecule has 0 aliphatic heterocycles. The molecule has 3 aromatic rings. The number of thiazole rings is 1. The maximum atomic E-state index is 4.63. The highest BCUT2D eigenvalue weighted by Gasteiger charge is 2.07. The van der Waals surface area contributed by atoms with Crippen LogP contribution in [0.3, 0.4) is 0 Å². The van der Waals surface area contributed by atoms with E-state index in [2.05, 4.69) is 44.9 Å². The van der Waals surface area contributed by atoms with Gasteiger partial charge in [-0.05, 0) is 24.8 Å². The molecule has 0 bridgehead atoms. The average Bonchev–Trinajstić information content (AvgIpc) is 3.16. The normalized spacial score (nSPS) is 10.8. The predicted molar refractivity (Wildman–Crippen MR) is 97.8 cm³/mol. The lowest BCUT2D eigenvalue weighted by molar-refractivity contribution is 0.955. The summed E-state index contributed by atoms with van der Waals surface area (Å²) in [5.41, 5.74) is 3.38. The first-order chi connectivity index (χ1) is 10.7. The molecule has 0 aliphatic carbocycles. The Morgan fingerprint density at radius 2 is 2.00 bits per heavy atom. The van der Waals surface area contributed by atoms with Gasteiger partial charge in [-0.2, -0.15) is 0 Å². The number of nitrogens with zero attached hydrogens (tertiary/aromatic N) is 3. The van der Waals surface area contributed by atoms with E-state index in [4.69, 9.17) is 0 Å². The molecule has 0 fully saturated rings. The number of aryl methyl sites for hydroxylation is 1. The smallest absolute Gasteiger partial charge is 0.187 e. The van der Waals surface area contributed by atoms with Crippen LogP contribution in [0.1, 0.15) is 11.3 Å². The lowest BCUT2D eigenvalue weighted by atomic mass is 10.2. The highest BCUT2D eigenvalue weighted by atomic mass is 32.2. The van der Waals surface area contributed by atoms with Gasteiger partial charge in [-0.3, -0.25) is 0 Å². The number of anilines is 2. The molecule has 0 amide bonds. The molecule has 1 aromatic carbocycles. The number of rotatable bonds is 6. The van der Waals surface area contributed by atoms with E-state index >= 15 is 0 Å². The molecular weight excluding hydrogens is 352 g/mol. The number of hydrogen-bond acceptors (Lipinski definition) is 8. The van der Waals surface area contributed by atoms with Crippen molar-refractivity contribution in [3.63, 3.8) is 0 Å². The largest absolute Gasteiger partial charge is 0.331 e. The fourth-order valence-electron chi connectivity index (χ4n) is 1.73. The van der Waals surface area contributed by atoms with Crippen molar-refractivity contribution in [1.29, 1.82) is 0 Å². The average molecular weight is 367 g/mol. The van der Waals surface area contributed by atoms with Gasteiger partial charge in [0.05, 0.1) is 5.69 Å². The van der Waals surface area contributed by atoms with Crippen LogP contribution in [0.15, 0.2) is 38.3 Å². The van der Waals surface area contributed by atoms with E-state index in [-0.39, 0.29) is 0 Å². The maximum Gasteiger partial charge on any atom is 0.187 e. The molecule has 0 atom stereocenters. The summed E-state index contributed by atoms with van der Waals surface area (Å²) in [6, 6.07) is 8.22. The van der Waals surface area contributed by atoms with Crippen LogP contribution >= 0.6 is 46.2 Å². The molecule has 0 saturated carbocycles. The first-order valence-electron chi connectivity index (χ1n) is 6.52. The van der Waals surface area contributed by atoms with E-state index in [9.17, 15) is 0 Å². The fraction of sp³-hybridized carbons (Fsp3) is 0.214. The van der Waals surface area contributed by atoms with Crippen molar-refractivity contribution in [2.45, 2.75) is 21.4 Å². The fourth-order valence-corrected chi connectivity index (χ4v) is 4.89. The Morgan fingerprint density at radius 3 is 2.77 bits per heavy atom. The molecular formula is C14H14N4S4. The van der Waals surface area contributed by atoms with Crippen LogP contribution in [0, 0.1) is 6.92 Å². The second-order valence-corrected chi connectivity index (χ2v) is 8.52. The molecule has 22 heavy (non-hydrogen) atoms. The van der Waals surface area contributed by atoms with E-state index in [1.165, 1.54) is 5.56 Å². The van der Waals surface area contributed by atoms with Gasteiger partial charge in [-0.25, -0.2) is 4.98 Å². The van der Waals surface area contributed by atoms with Crippen molar-refractivity contribution < 1.29 is 0 Å². The van der Waals surface area contributed by atoms with E-state index in [1.54, 1.807) is 46.2 Å². The van der Waals surface area contributed by atoms with Crippen molar-refractivity contribution >= 4 is 57.0 Å². The third-order valence-corrected chi connectivity index (χ3v) is 6.72. The molecule has 2 aromatic heterocycles. The minimum Gasteiger partial charge on any atom is -0.331 e. The van der Waals surface area contributed by atoms with E-state index in [0.29, 0.717) is 0 Å². The summed E-state index contributed by atoms with van der Waals surface area (Å²) < 4.78 is 1.99. The topological polar surface area (TPSA) is 50.7 Å². The minimum absolute atomic E-state index is 0.814. The highest BCUT2D eigenvalue weighted by molar-refractivity contribution is 8.02. The molecule has 114 valence electrons. The zero-order chi connectivity index (χ0) is 15.4. The number of hydrogen-bond donors (Lipinski definition) is 1. The Bertz CT molecular complexity index is 753. The van der Waals surface area contributed by atoms with Gasteiger partial charge >= 0.3 is 0 Å². The number of nitrogens with one attached hydrogen (secondary N) is 1. The van der Waals surface area contributed by atoms with Gasteiger partial charge in [0, 0.05) is 16.8 Å². The Kier molecular flexibility index (Phi) is 5.35. The van der Waals surface area contributed by atoms with E-state index in [1.807, 2.05) is 18.4 Å². The van der Waals surface area contributed by atoms with Gasteiger partial charge < -0.3 is 5.32 Å². The summed E-state index contributed by atoms with van der Waals surface area (Å²) >= 11 is 6.56. The highest BCUT2D eigenvalue weighted by Crippen LogP contribution is 2.31. The Labute approximate surface area is 145 Å². The molecule has 0 saturated heterocycles. The van der Waals surface area contributed by atoms with Crippen molar-refractivity contribution in [3.05, 3.63) is 40.9 Å². The van der Waals surface area contributed by atoms with E-state index < -0.39 is 0 Å². The monoisotopic (exact) mass is 366 g/mol. The first kappa shape index (κ1) is 15.8. The Hall–Kier alpha value is -1.09. The van der Waals surface area contributed by atoms with Crippen molar-refractivity contribution in [2.24, 2.45) is 0 Å². The maximum absolute atomic E-state index is 4.63. The van der Waals surface area contributed by atoms with Gasteiger partial charge in [0.15, 0.2) is 13.8 Å². The minimum atomic E-state index is 0.814. The molecule has 1 N–H and O–H groups in total. The Morgan fingerprint density at radius 1 is 1.18 bits per heavy atom. The van der Waals surface area contributed by atoms with Crippen LogP contribution in [0.2, 0.25) is 0 Å². The second kappa shape index (κ2) is 7.45. The Balaban J connectivity index is 1.60. The molecule has 0 spiro atoms. The lowest BCUT2D eigenvalue weighted by Crippen LogP contribution is -1.92. The summed E-state index contributed by atoms with van der Waals surface area (Å²) in [6.45, 7) is 2.09. The van der Waals surface area contributed by atoms with Crippen molar-refractivity contribution in [1.82, 2.24) is 15.2 Å². The van der Waals surface area contributed by atoms with E-state index in [0.717, 1.165) is 30.9 Å². The molecule has 0 aliphatic rings. The molecule has 3 rings (SSSR count). The quantitative estimate of drug-likeness (QED) is 0.615. The second-order valence-electron chi connectivity index (χ2n) is 4.41. The van der Waals surface area contributed by atoms with Crippen molar-refractivity contribution in [2.75, 3.05) is 11.6 Å². The van der Waals surface area contributed by atoms with Gasteiger partial charge in [0.2, 0.25) is 0 Å². The van der Waals surface area contributed by atoms with Gasteiger partial charge in [-0.15, -0.1) is 21.5 Å². The molecule has 0 radical (unpaired) electrons. The van der Waals surface area contributed by atoms with Gasteiger partial charge in [-0.1, -0.05) is 53.1 Å². The van der Waals surface area contributed by atoms with Gasteiger partial charge in [0.25, 0.3) is 0 Å². The third-order valence-electron chi connectivity index (χ3n) is 2.84. The van der Waals surface area contributed by atoms with Crippen LogP contribution in [0.5, 0.6) is 0 Å². The standard InChI is InChI=1S/C14H14N4S4/c1-9-5-3-4-6-11(9)16-12-15-10(7-20-12)8-21-14-18-17-13(19-2)22-14/h3-7H,8H2,1-2H3,(H,15,16). The SMILES string of the molecule is CSc1nnc(SCc2csc(Nc3ccccc3C)n2)s1. The van der Waals surface area contributed by atoms with Crippen LogP contribution < -0.4 is 5.32 Å². The summed E-state index contributed by atoms with van der Waals surface area (Å²) in [6.07, 6.45) is 2.01. The summed E-state index contributed by atoms with van der Waals surface area (Å²) in [4.78, 5) is 4.63. The molecule has 2 heterocycles. The van der Waals surface area contributed by atoms with Crippen LogP contribution in [0.25, 0.3) is 0 Å². The molecule has 4 nitrogen and oxygen atoms in total. The van der Waals surface area contributed by atoms with Crippen LogP contribution in [-0.2, 0) is 5.75 Å². The number of benzene rings is 1. The molecule has 8 heteroatoms. The first-order valence-corrected chi connectivity index (χ1v) is 10.4. The summed E-state index contributed by atoms with van der Waals surface area (Å²) in [5, 5.41) is 14.6.